The summed E-state index contributed by atoms with van der Waals surface area (Å²) in [5.74, 6) is 0.173. The molecule has 0 fully saturated rings. The molecule has 0 aliphatic heterocycles. The maximum atomic E-state index is 12.7. The first-order chi connectivity index (χ1) is 11.7. The zero-order valence-corrected chi connectivity index (χ0v) is 15.5. The summed E-state index contributed by atoms with van der Waals surface area (Å²) >= 11 is 5.21. The molecule has 0 heterocycles. The van der Waals surface area contributed by atoms with Gasteiger partial charge in [-0.2, -0.15) is 0 Å². The lowest BCUT2D eigenvalue weighted by Gasteiger charge is -2.17. The highest BCUT2D eigenvalue weighted by molar-refractivity contribution is 9.10. The summed E-state index contributed by atoms with van der Waals surface area (Å²) < 4.78 is 1.05. The number of carbonyl (C=O) groups is 1. The Hall–Kier alpha value is -1.84. The zero-order valence-electron chi connectivity index (χ0n) is 13.1. The number of hydrogen-bond acceptors (Lipinski definition) is 2. The van der Waals surface area contributed by atoms with Gasteiger partial charge in [0.05, 0.1) is 0 Å². The summed E-state index contributed by atoms with van der Waals surface area (Å²) in [6.45, 7) is 0. The van der Waals surface area contributed by atoms with E-state index >= 15 is 0 Å². The Balaban J connectivity index is 1.84. The van der Waals surface area contributed by atoms with Gasteiger partial charge in [0.2, 0.25) is 0 Å². The normalized spacial score (nSPS) is 11.9. The molecule has 24 heavy (non-hydrogen) atoms. The van der Waals surface area contributed by atoms with Crippen molar-refractivity contribution in [3.63, 3.8) is 0 Å². The van der Waals surface area contributed by atoms with E-state index in [0.717, 1.165) is 15.6 Å². The summed E-state index contributed by atoms with van der Waals surface area (Å²) in [6.07, 6.45) is 0.477. The fourth-order valence-electron chi connectivity index (χ4n) is 2.48. The van der Waals surface area contributed by atoms with Crippen molar-refractivity contribution >= 4 is 33.5 Å². The number of carbonyl (C=O) groups excluding carboxylic acids is 1. The van der Waals surface area contributed by atoms with Crippen LogP contribution in [0, 0.1) is 0 Å². The van der Waals surface area contributed by atoms with Gasteiger partial charge in [-0.1, -0.05) is 76.6 Å². The molecule has 1 atom stereocenters. The Morgan fingerprint density at radius 2 is 1.42 bits per heavy atom. The molecule has 0 spiro atoms. The van der Waals surface area contributed by atoms with Crippen LogP contribution >= 0.6 is 27.7 Å². The average molecular weight is 397 g/mol. The van der Waals surface area contributed by atoms with Gasteiger partial charge in [-0.25, -0.2) is 0 Å². The lowest BCUT2D eigenvalue weighted by Crippen LogP contribution is -2.05. The second-order valence-corrected chi connectivity index (χ2v) is 7.66. The first-order valence-corrected chi connectivity index (χ1v) is 9.45. The molecule has 3 heteroatoms. The third-order valence-electron chi connectivity index (χ3n) is 3.73. The minimum atomic E-state index is 0.0909. The molecule has 0 amide bonds. The molecule has 0 saturated heterocycles. The van der Waals surface area contributed by atoms with Gasteiger partial charge in [-0.3, -0.25) is 4.79 Å². The van der Waals surface area contributed by atoms with Crippen LogP contribution in [0.15, 0.2) is 94.3 Å². The summed E-state index contributed by atoms with van der Waals surface area (Å²) in [5.41, 5.74) is 1.93. The molecular formula is C21H17BrOS. The molecule has 3 rings (SSSR count). The summed E-state index contributed by atoms with van der Waals surface area (Å²) in [4.78, 5) is 13.8. The Morgan fingerprint density at radius 1 is 0.833 bits per heavy atom. The van der Waals surface area contributed by atoms with Gasteiger partial charge >= 0.3 is 0 Å². The van der Waals surface area contributed by atoms with E-state index in [1.165, 1.54) is 4.90 Å². The molecule has 0 saturated carbocycles. The van der Waals surface area contributed by atoms with Crippen molar-refractivity contribution in [3.05, 3.63) is 101 Å². The quantitative estimate of drug-likeness (QED) is 0.346. The van der Waals surface area contributed by atoms with E-state index in [1.807, 2.05) is 60.7 Å². The highest BCUT2D eigenvalue weighted by Crippen LogP contribution is 2.38. The fourth-order valence-corrected chi connectivity index (χ4v) is 3.91. The predicted molar refractivity (Wildman–Crippen MR) is 105 cm³/mol. The minimum Gasteiger partial charge on any atom is -0.294 e. The Morgan fingerprint density at radius 3 is 2.04 bits per heavy atom. The standard InChI is InChI=1S/C21H17BrOS/c22-18-13-11-17(12-14-18)21(24-19-9-5-2-6-10-19)15-20(23)16-7-3-1-4-8-16/h1-14,21H,15H2. The van der Waals surface area contributed by atoms with Gasteiger partial charge in [0.15, 0.2) is 5.78 Å². The lowest BCUT2D eigenvalue weighted by molar-refractivity contribution is 0.0982. The van der Waals surface area contributed by atoms with Gasteiger partial charge in [-0.15, -0.1) is 11.8 Å². The number of rotatable bonds is 6. The molecule has 120 valence electrons. The Labute approximate surface area is 155 Å². The van der Waals surface area contributed by atoms with Crippen molar-refractivity contribution < 1.29 is 4.79 Å². The number of benzene rings is 3. The molecule has 0 aliphatic rings. The van der Waals surface area contributed by atoms with E-state index in [2.05, 4.69) is 40.2 Å². The Bertz CT molecular complexity index is 785. The molecule has 1 unspecified atom stereocenters. The monoisotopic (exact) mass is 396 g/mol. The maximum Gasteiger partial charge on any atom is 0.164 e. The van der Waals surface area contributed by atoms with Crippen molar-refractivity contribution in [3.8, 4) is 0 Å². The van der Waals surface area contributed by atoms with Crippen LogP contribution in [0.25, 0.3) is 0 Å². The molecule has 0 N–H and O–H groups in total. The summed E-state index contributed by atoms with van der Waals surface area (Å²) in [5, 5.41) is 0.0909. The van der Waals surface area contributed by atoms with Crippen molar-refractivity contribution in [2.75, 3.05) is 0 Å². The van der Waals surface area contributed by atoms with E-state index in [4.69, 9.17) is 0 Å². The van der Waals surface area contributed by atoms with Gasteiger partial charge < -0.3 is 0 Å². The van der Waals surface area contributed by atoms with Crippen LogP contribution in [0.4, 0.5) is 0 Å². The lowest BCUT2D eigenvalue weighted by atomic mass is 10.0. The van der Waals surface area contributed by atoms with Crippen LogP contribution < -0.4 is 0 Å². The molecule has 0 aromatic heterocycles. The van der Waals surface area contributed by atoms with Crippen LogP contribution in [0.3, 0.4) is 0 Å². The molecule has 0 radical (unpaired) electrons. The second-order valence-electron chi connectivity index (χ2n) is 5.46. The molecular weight excluding hydrogens is 380 g/mol. The number of Topliss-reactive ketones (excluding diaryl/α,β-unsaturated/α-hetero) is 1. The Kier molecular flexibility index (Phi) is 5.89. The van der Waals surface area contributed by atoms with Crippen LogP contribution in [0.5, 0.6) is 0 Å². The molecule has 0 bridgehead atoms. The SMILES string of the molecule is O=C(CC(Sc1ccccc1)c1ccc(Br)cc1)c1ccccc1. The topological polar surface area (TPSA) is 17.1 Å². The highest BCUT2D eigenvalue weighted by atomic mass is 79.9. The van der Waals surface area contributed by atoms with E-state index < -0.39 is 0 Å². The summed E-state index contributed by atoms with van der Waals surface area (Å²) in [6, 6.07) is 28.0. The third-order valence-corrected chi connectivity index (χ3v) is 5.53. The second kappa shape index (κ2) is 8.32. The molecule has 3 aromatic carbocycles. The highest BCUT2D eigenvalue weighted by Gasteiger charge is 2.18. The van der Waals surface area contributed by atoms with Crippen LogP contribution in [0.2, 0.25) is 0 Å². The smallest absolute Gasteiger partial charge is 0.164 e. The third kappa shape index (κ3) is 4.59. The predicted octanol–water partition coefficient (Wildman–Crippen LogP) is 6.56. The fraction of sp³-hybridized carbons (Fsp3) is 0.0952. The van der Waals surface area contributed by atoms with Crippen LogP contribution in [-0.2, 0) is 0 Å². The van der Waals surface area contributed by atoms with E-state index in [-0.39, 0.29) is 11.0 Å². The zero-order chi connectivity index (χ0) is 16.8. The average Bonchev–Trinajstić information content (AvgIpc) is 2.63. The van der Waals surface area contributed by atoms with E-state index in [1.54, 1.807) is 11.8 Å². The minimum absolute atomic E-state index is 0.0909. The van der Waals surface area contributed by atoms with Gasteiger partial charge in [-0.05, 0) is 29.8 Å². The first kappa shape index (κ1) is 17.0. The van der Waals surface area contributed by atoms with Gasteiger partial charge in [0.25, 0.3) is 0 Å². The summed E-state index contributed by atoms with van der Waals surface area (Å²) in [7, 11) is 0. The van der Waals surface area contributed by atoms with Crippen molar-refractivity contribution in [1.29, 1.82) is 0 Å². The molecule has 1 nitrogen and oxygen atoms in total. The number of hydrogen-bond donors (Lipinski definition) is 0. The number of ketones is 1. The first-order valence-electron chi connectivity index (χ1n) is 7.78. The van der Waals surface area contributed by atoms with Crippen molar-refractivity contribution in [2.45, 2.75) is 16.6 Å². The van der Waals surface area contributed by atoms with E-state index in [9.17, 15) is 4.79 Å². The van der Waals surface area contributed by atoms with Crippen molar-refractivity contribution in [2.24, 2.45) is 0 Å². The largest absolute Gasteiger partial charge is 0.294 e. The molecule has 3 aromatic rings. The number of thioether (sulfide) groups is 1. The molecule has 0 aliphatic carbocycles. The van der Waals surface area contributed by atoms with Crippen molar-refractivity contribution in [1.82, 2.24) is 0 Å². The van der Waals surface area contributed by atoms with E-state index in [0.29, 0.717) is 6.42 Å². The van der Waals surface area contributed by atoms with Gasteiger partial charge in [0.1, 0.15) is 0 Å². The van der Waals surface area contributed by atoms with Gasteiger partial charge in [0, 0.05) is 26.6 Å². The van der Waals surface area contributed by atoms with Crippen LogP contribution in [0.1, 0.15) is 27.6 Å². The maximum absolute atomic E-state index is 12.7. The number of halogens is 1. The van der Waals surface area contributed by atoms with Crippen LogP contribution in [-0.4, -0.2) is 5.78 Å².